The van der Waals surface area contributed by atoms with Crippen LogP contribution < -0.4 is 15.4 Å². The topological polar surface area (TPSA) is 89.5 Å². The zero-order valence-electron chi connectivity index (χ0n) is 18.0. The van der Waals surface area contributed by atoms with Crippen LogP contribution in [0, 0.1) is 0 Å². The van der Waals surface area contributed by atoms with Crippen LogP contribution in [0.15, 0.2) is 36.5 Å². The number of carbonyl (C=O) groups is 2. The minimum absolute atomic E-state index is 0.156. The van der Waals surface area contributed by atoms with Gasteiger partial charge in [-0.15, -0.1) is 0 Å². The van der Waals surface area contributed by atoms with E-state index in [0.717, 1.165) is 11.1 Å². The van der Waals surface area contributed by atoms with Gasteiger partial charge in [-0.05, 0) is 44.4 Å². The van der Waals surface area contributed by atoms with Gasteiger partial charge < -0.3 is 20.1 Å². The first-order valence-electron chi connectivity index (χ1n) is 9.87. The molecule has 1 atom stereocenters. The molecule has 1 aromatic heterocycles. The lowest BCUT2D eigenvalue weighted by Crippen LogP contribution is -2.37. The molecule has 2 amide bonds. The number of alkyl carbamates (subject to hydrolysis) is 1. The van der Waals surface area contributed by atoms with Crippen LogP contribution in [0.25, 0.3) is 0 Å². The fourth-order valence-electron chi connectivity index (χ4n) is 2.59. The molecule has 1 aromatic carbocycles. The highest BCUT2D eigenvalue weighted by molar-refractivity contribution is 6.35. The van der Waals surface area contributed by atoms with Crippen LogP contribution in [0.2, 0.25) is 10.0 Å². The molecule has 1 heterocycles. The van der Waals surface area contributed by atoms with Gasteiger partial charge in [0, 0.05) is 19.3 Å². The Morgan fingerprint density at radius 2 is 1.74 bits per heavy atom. The quantitative estimate of drug-likeness (QED) is 0.576. The van der Waals surface area contributed by atoms with E-state index >= 15 is 0 Å². The van der Waals surface area contributed by atoms with E-state index < -0.39 is 17.8 Å². The van der Waals surface area contributed by atoms with Gasteiger partial charge in [-0.25, -0.2) is 9.78 Å². The summed E-state index contributed by atoms with van der Waals surface area (Å²) < 4.78 is 10.9. The third kappa shape index (κ3) is 8.63. The van der Waals surface area contributed by atoms with Gasteiger partial charge in [-0.3, -0.25) is 4.79 Å². The van der Waals surface area contributed by atoms with Crippen LogP contribution in [0.3, 0.4) is 0 Å². The molecule has 0 fully saturated rings. The number of rotatable bonds is 8. The second-order valence-corrected chi connectivity index (χ2v) is 8.69. The highest BCUT2D eigenvalue weighted by Gasteiger charge is 2.20. The number of nitrogens with zero attached hydrogens (tertiary/aromatic N) is 1. The van der Waals surface area contributed by atoms with Crippen molar-refractivity contribution >= 4 is 35.2 Å². The summed E-state index contributed by atoms with van der Waals surface area (Å²) in [6.07, 6.45) is 0.614. The molecule has 0 unspecified atom stereocenters. The van der Waals surface area contributed by atoms with Crippen molar-refractivity contribution in [1.29, 1.82) is 0 Å². The average molecular weight is 468 g/mol. The molecule has 0 radical (unpaired) electrons. The third-order valence-corrected chi connectivity index (χ3v) is 4.46. The van der Waals surface area contributed by atoms with E-state index in [0.29, 0.717) is 24.5 Å². The van der Waals surface area contributed by atoms with E-state index in [-0.39, 0.29) is 16.8 Å². The Morgan fingerprint density at radius 3 is 2.32 bits per heavy atom. The fourth-order valence-corrected chi connectivity index (χ4v) is 3.01. The maximum Gasteiger partial charge on any atom is 0.407 e. The van der Waals surface area contributed by atoms with Gasteiger partial charge in [0.15, 0.2) is 6.10 Å². The van der Waals surface area contributed by atoms with Crippen LogP contribution in [-0.2, 0) is 22.6 Å². The van der Waals surface area contributed by atoms with Crippen molar-refractivity contribution in [2.45, 2.75) is 58.9 Å². The molecule has 2 N–H and O–H groups in total. The van der Waals surface area contributed by atoms with Crippen molar-refractivity contribution in [3.8, 4) is 5.88 Å². The number of aromatic nitrogens is 1. The number of benzene rings is 1. The second-order valence-electron chi connectivity index (χ2n) is 7.85. The van der Waals surface area contributed by atoms with Crippen molar-refractivity contribution < 1.29 is 19.1 Å². The Balaban J connectivity index is 1.90. The highest BCUT2D eigenvalue weighted by Crippen LogP contribution is 2.25. The number of hydrogen-bond donors (Lipinski definition) is 2. The number of ether oxygens (including phenoxy) is 2. The summed E-state index contributed by atoms with van der Waals surface area (Å²) in [5, 5.41) is 6.19. The van der Waals surface area contributed by atoms with Crippen molar-refractivity contribution in [1.82, 2.24) is 15.6 Å². The lowest BCUT2D eigenvalue weighted by atomic mass is 10.1. The predicted molar refractivity (Wildman–Crippen MR) is 120 cm³/mol. The van der Waals surface area contributed by atoms with Crippen molar-refractivity contribution in [3.63, 3.8) is 0 Å². The number of halogens is 2. The van der Waals surface area contributed by atoms with Crippen molar-refractivity contribution in [3.05, 3.63) is 57.7 Å². The lowest BCUT2D eigenvalue weighted by molar-refractivity contribution is -0.128. The normalized spacial score (nSPS) is 12.1. The summed E-state index contributed by atoms with van der Waals surface area (Å²) in [5.74, 6) is -0.129. The van der Waals surface area contributed by atoms with E-state index in [1.165, 1.54) is 12.3 Å². The Labute approximate surface area is 192 Å². The van der Waals surface area contributed by atoms with Gasteiger partial charge in [-0.1, -0.05) is 54.4 Å². The summed E-state index contributed by atoms with van der Waals surface area (Å²) in [6, 6.07) is 9.04. The Bertz CT molecular complexity index is 916. The SMILES string of the molecule is CC[C@@H](Oc1ncc(Cl)cc1Cl)C(=O)NCc1cccc(CNC(=O)OC(C)(C)C)c1. The van der Waals surface area contributed by atoms with Crippen molar-refractivity contribution in [2.24, 2.45) is 0 Å². The minimum atomic E-state index is -0.747. The Morgan fingerprint density at radius 1 is 1.10 bits per heavy atom. The summed E-state index contributed by atoms with van der Waals surface area (Å²) in [7, 11) is 0. The molecule has 0 aliphatic carbocycles. The number of carbonyl (C=O) groups excluding carboxylic acids is 2. The molecule has 31 heavy (non-hydrogen) atoms. The Kier molecular flexibility index (Phi) is 8.95. The standard InChI is InChI=1S/C22H27Cl2N3O4/c1-5-18(30-20-17(24)10-16(23)13-26-20)19(28)25-11-14-7-6-8-15(9-14)12-27-21(29)31-22(2,3)4/h6-10,13,18H,5,11-12H2,1-4H3,(H,25,28)(H,27,29)/t18-/m1/s1. The predicted octanol–water partition coefficient (Wildman–Crippen LogP) is 4.89. The van der Waals surface area contributed by atoms with E-state index in [1.807, 2.05) is 31.2 Å². The van der Waals surface area contributed by atoms with Crippen LogP contribution in [0.4, 0.5) is 4.79 Å². The summed E-state index contributed by atoms with van der Waals surface area (Å²) in [5.41, 5.74) is 1.22. The summed E-state index contributed by atoms with van der Waals surface area (Å²) >= 11 is 11.9. The Hall–Kier alpha value is -2.51. The van der Waals surface area contributed by atoms with E-state index in [1.54, 1.807) is 20.8 Å². The van der Waals surface area contributed by atoms with Crippen LogP contribution in [-0.4, -0.2) is 28.7 Å². The number of nitrogens with one attached hydrogen (secondary N) is 2. The zero-order chi connectivity index (χ0) is 23.0. The fraction of sp³-hybridized carbons (Fsp3) is 0.409. The molecule has 9 heteroatoms. The monoisotopic (exact) mass is 467 g/mol. The average Bonchev–Trinajstić information content (AvgIpc) is 2.69. The number of amides is 2. The van der Waals surface area contributed by atoms with Gasteiger partial charge in [0.25, 0.3) is 5.91 Å². The maximum atomic E-state index is 12.6. The molecule has 0 bridgehead atoms. The molecular formula is C22H27Cl2N3O4. The van der Waals surface area contributed by atoms with Gasteiger partial charge in [0.05, 0.1) is 5.02 Å². The highest BCUT2D eigenvalue weighted by atomic mass is 35.5. The minimum Gasteiger partial charge on any atom is -0.463 e. The smallest absolute Gasteiger partial charge is 0.407 e. The molecule has 7 nitrogen and oxygen atoms in total. The number of hydrogen-bond acceptors (Lipinski definition) is 5. The van der Waals surface area contributed by atoms with Crippen LogP contribution in [0.1, 0.15) is 45.2 Å². The van der Waals surface area contributed by atoms with Gasteiger partial charge in [0.1, 0.15) is 10.6 Å². The van der Waals surface area contributed by atoms with Gasteiger partial charge in [-0.2, -0.15) is 0 Å². The molecular weight excluding hydrogens is 441 g/mol. The van der Waals surface area contributed by atoms with Gasteiger partial charge >= 0.3 is 6.09 Å². The van der Waals surface area contributed by atoms with Crippen LogP contribution >= 0.6 is 23.2 Å². The lowest BCUT2D eigenvalue weighted by Gasteiger charge is -2.19. The summed E-state index contributed by atoms with van der Waals surface area (Å²) in [4.78, 5) is 28.4. The third-order valence-electron chi connectivity index (χ3n) is 3.99. The second kappa shape index (κ2) is 11.2. The molecule has 168 valence electrons. The molecule has 0 aliphatic heterocycles. The molecule has 0 spiro atoms. The summed E-state index contributed by atoms with van der Waals surface area (Å²) in [6.45, 7) is 7.87. The first kappa shape index (κ1) is 24.8. The number of pyridine rings is 1. The largest absolute Gasteiger partial charge is 0.463 e. The first-order chi connectivity index (χ1) is 14.6. The van der Waals surface area contributed by atoms with E-state index in [4.69, 9.17) is 32.7 Å². The molecule has 0 aliphatic rings. The molecule has 2 aromatic rings. The molecule has 2 rings (SSSR count). The van der Waals surface area contributed by atoms with Gasteiger partial charge in [0.2, 0.25) is 5.88 Å². The maximum absolute atomic E-state index is 12.6. The molecule has 0 saturated carbocycles. The van der Waals surface area contributed by atoms with Crippen molar-refractivity contribution in [2.75, 3.05) is 0 Å². The van der Waals surface area contributed by atoms with E-state index in [2.05, 4.69) is 15.6 Å². The zero-order valence-corrected chi connectivity index (χ0v) is 19.5. The molecule has 0 saturated heterocycles. The van der Waals surface area contributed by atoms with Crippen LogP contribution in [0.5, 0.6) is 5.88 Å². The first-order valence-corrected chi connectivity index (χ1v) is 10.6. The van der Waals surface area contributed by atoms with E-state index in [9.17, 15) is 9.59 Å².